The molecule has 0 bridgehead atoms. The Morgan fingerprint density at radius 1 is 1.03 bits per heavy atom. The average molecular weight is 431 g/mol. The predicted molar refractivity (Wildman–Crippen MR) is 126 cm³/mol. The first kappa shape index (κ1) is 23.3. The molecule has 31 heavy (non-hydrogen) atoms. The molecule has 2 aliphatic rings. The molecule has 3 rings (SSSR count). The molecule has 2 saturated heterocycles. The van der Waals surface area contributed by atoms with Gasteiger partial charge in [0.2, 0.25) is 5.91 Å². The number of nitrogens with zero attached hydrogens (tertiary/aromatic N) is 4. The van der Waals surface area contributed by atoms with Gasteiger partial charge in [-0.3, -0.25) is 14.7 Å². The van der Waals surface area contributed by atoms with Crippen LogP contribution in [0.5, 0.6) is 0 Å². The molecule has 1 aromatic rings. The molecule has 1 aromatic carbocycles. The van der Waals surface area contributed by atoms with E-state index in [1.165, 1.54) is 5.69 Å². The first-order chi connectivity index (χ1) is 15.3. The summed E-state index contributed by atoms with van der Waals surface area (Å²) in [5, 5.41) is 6.58. The Labute approximate surface area is 186 Å². The second kappa shape index (κ2) is 13.2. The molecule has 0 unspecified atom stereocenters. The molecule has 8 nitrogen and oxygen atoms in total. The van der Waals surface area contributed by atoms with Crippen molar-refractivity contribution in [1.82, 2.24) is 20.4 Å². The van der Waals surface area contributed by atoms with Gasteiger partial charge in [-0.05, 0) is 25.5 Å². The minimum Gasteiger partial charge on any atom is -0.379 e. The largest absolute Gasteiger partial charge is 0.379 e. The standard InChI is InChI=1S/C23H38N6O2/c1-2-24-23(25-10-6-12-27-17-19-31-20-18-27)26-11-9-22(30)29-15-13-28(14-16-29)21-7-4-3-5-8-21/h3-5,7-8H,2,6,9-20H2,1H3,(H2,24,25,26). The summed E-state index contributed by atoms with van der Waals surface area (Å²) in [6.45, 7) is 12.3. The van der Waals surface area contributed by atoms with Crippen LogP contribution in [0, 0.1) is 0 Å². The van der Waals surface area contributed by atoms with Crippen LogP contribution in [0.1, 0.15) is 19.8 Å². The van der Waals surface area contributed by atoms with Gasteiger partial charge in [0, 0.05) is 77.6 Å². The van der Waals surface area contributed by atoms with Crippen molar-refractivity contribution in [3.63, 3.8) is 0 Å². The van der Waals surface area contributed by atoms with E-state index in [-0.39, 0.29) is 5.91 Å². The molecule has 2 aliphatic heterocycles. The lowest BCUT2D eigenvalue weighted by Crippen LogP contribution is -2.49. The van der Waals surface area contributed by atoms with E-state index >= 15 is 0 Å². The fourth-order valence-corrected chi connectivity index (χ4v) is 3.95. The Morgan fingerprint density at radius 2 is 1.77 bits per heavy atom. The van der Waals surface area contributed by atoms with Crippen LogP contribution in [0.25, 0.3) is 0 Å². The monoisotopic (exact) mass is 430 g/mol. The first-order valence-electron chi connectivity index (χ1n) is 11.7. The number of piperazine rings is 1. The van der Waals surface area contributed by atoms with Crippen LogP contribution >= 0.6 is 0 Å². The fraction of sp³-hybridized carbons (Fsp3) is 0.652. The summed E-state index contributed by atoms with van der Waals surface area (Å²) in [7, 11) is 0. The lowest BCUT2D eigenvalue weighted by atomic mass is 10.2. The third kappa shape index (κ3) is 8.03. The van der Waals surface area contributed by atoms with Crippen molar-refractivity contribution in [2.24, 2.45) is 4.99 Å². The highest BCUT2D eigenvalue weighted by Crippen LogP contribution is 2.15. The molecular formula is C23H38N6O2. The summed E-state index contributed by atoms with van der Waals surface area (Å²) >= 11 is 0. The van der Waals surface area contributed by atoms with Gasteiger partial charge in [0.25, 0.3) is 0 Å². The summed E-state index contributed by atoms with van der Waals surface area (Å²) in [6.07, 6.45) is 1.52. The topological polar surface area (TPSA) is 72.4 Å². The highest BCUT2D eigenvalue weighted by Gasteiger charge is 2.20. The Hall–Kier alpha value is -2.32. The number of carbonyl (C=O) groups excluding carboxylic acids is 1. The van der Waals surface area contributed by atoms with Crippen LogP contribution in [0.3, 0.4) is 0 Å². The van der Waals surface area contributed by atoms with Gasteiger partial charge in [-0.2, -0.15) is 0 Å². The van der Waals surface area contributed by atoms with Crippen LogP contribution in [-0.2, 0) is 9.53 Å². The third-order valence-corrected chi connectivity index (χ3v) is 5.74. The van der Waals surface area contributed by atoms with Crippen molar-refractivity contribution in [1.29, 1.82) is 0 Å². The van der Waals surface area contributed by atoms with E-state index in [0.717, 1.165) is 84.5 Å². The molecule has 172 valence electrons. The highest BCUT2D eigenvalue weighted by molar-refractivity contribution is 5.81. The third-order valence-electron chi connectivity index (χ3n) is 5.74. The number of hydrogen-bond acceptors (Lipinski definition) is 5. The second-order valence-corrected chi connectivity index (χ2v) is 7.95. The molecular weight excluding hydrogens is 392 g/mol. The van der Waals surface area contributed by atoms with Crippen molar-refractivity contribution in [3.8, 4) is 0 Å². The molecule has 0 radical (unpaired) electrons. The zero-order valence-corrected chi connectivity index (χ0v) is 18.9. The molecule has 2 heterocycles. The number of hydrogen-bond donors (Lipinski definition) is 2. The van der Waals surface area contributed by atoms with Crippen molar-refractivity contribution in [3.05, 3.63) is 30.3 Å². The lowest BCUT2D eigenvalue weighted by molar-refractivity contribution is -0.131. The normalized spacial score (nSPS) is 18.2. The van der Waals surface area contributed by atoms with Crippen LogP contribution in [0.15, 0.2) is 35.3 Å². The quantitative estimate of drug-likeness (QED) is 0.346. The van der Waals surface area contributed by atoms with Gasteiger partial charge in [-0.15, -0.1) is 0 Å². The molecule has 0 atom stereocenters. The molecule has 0 aromatic heterocycles. The number of rotatable bonds is 9. The summed E-state index contributed by atoms with van der Waals surface area (Å²) in [5.41, 5.74) is 1.23. The van der Waals surface area contributed by atoms with E-state index < -0.39 is 0 Å². The molecule has 0 aliphatic carbocycles. The maximum atomic E-state index is 12.6. The number of amides is 1. The highest BCUT2D eigenvalue weighted by atomic mass is 16.5. The van der Waals surface area contributed by atoms with Crippen molar-refractivity contribution < 1.29 is 9.53 Å². The summed E-state index contributed by atoms with van der Waals surface area (Å²) in [5.74, 6) is 1.01. The Kier molecular flexibility index (Phi) is 9.92. The molecule has 8 heteroatoms. The minimum atomic E-state index is 0.211. The van der Waals surface area contributed by atoms with Gasteiger partial charge in [0.1, 0.15) is 0 Å². The van der Waals surface area contributed by atoms with Crippen molar-refractivity contribution in [2.75, 3.05) is 83.6 Å². The predicted octanol–water partition coefficient (Wildman–Crippen LogP) is 1.00. The van der Waals surface area contributed by atoms with Crippen molar-refractivity contribution >= 4 is 17.6 Å². The lowest BCUT2D eigenvalue weighted by Gasteiger charge is -2.36. The number of ether oxygens (including phenoxy) is 1. The smallest absolute Gasteiger partial charge is 0.224 e. The average Bonchev–Trinajstić information content (AvgIpc) is 2.83. The van der Waals surface area contributed by atoms with Crippen LogP contribution in [-0.4, -0.2) is 100 Å². The van der Waals surface area contributed by atoms with E-state index in [0.29, 0.717) is 13.0 Å². The van der Waals surface area contributed by atoms with E-state index in [1.54, 1.807) is 0 Å². The summed E-state index contributed by atoms with van der Waals surface area (Å²) in [6, 6.07) is 10.4. The SMILES string of the molecule is CCNC(=NCCCN1CCOCC1)NCCC(=O)N1CCN(c2ccccc2)CC1. The Bertz CT molecular complexity index is 670. The zero-order valence-electron chi connectivity index (χ0n) is 18.9. The van der Waals surface area contributed by atoms with E-state index in [9.17, 15) is 4.79 Å². The number of anilines is 1. The number of nitrogens with one attached hydrogen (secondary N) is 2. The number of morpholine rings is 1. The molecule has 2 N–H and O–H groups in total. The van der Waals surface area contributed by atoms with E-state index in [4.69, 9.17) is 4.74 Å². The summed E-state index contributed by atoms with van der Waals surface area (Å²) < 4.78 is 5.39. The van der Waals surface area contributed by atoms with Gasteiger partial charge in [-0.1, -0.05) is 18.2 Å². The molecule has 2 fully saturated rings. The maximum Gasteiger partial charge on any atom is 0.224 e. The summed E-state index contributed by atoms with van der Waals surface area (Å²) in [4.78, 5) is 24.0. The van der Waals surface area contributed by atoms with Crippen LogP contribution in [0.2, 0.25) is 0 Å². The maximum absolute atomic E-state index is 12.6. The van der Waals surface area contributed by atoms with Gasteiger partial charge >= 0.3 is 0 Å². The Balaban J connectivity index is 1.32. The number of aliphatic imine (C=N–C) groups is 1. The van der Waals surface area contributed by atoms with Crippen LogP contribution < -0.4 is 15.5 Å². The number of benzene rings is 1. The fourth-order valence-electron chi connectivity index (χ4n) is 3.95. The van der Waals surface area contributed by atoms with Gasteiger partial charge in [0.05, 0.1) is 13.2 Å². The molecule has 1 amide bonds. The van der Waals surface area contributed by atoms with Gasteiger partial charge < -0.3 is 25.2 Å². The second-order valence-electron chi connectivity index (χ2n) is 7.95. The minimum absolute atomic E-state index is 0.211. The molecule has 0 saturated carbocycles. The Morgan fingerprint density at radius 3 is 2.48 bits per heavy atom. The number of carbonyl (C=O) groups is 1. The molecule has 0 spiro atoms. The van der Waals surface area contributed by atoms with Crippen molar-refractivity contribution in [2.45, 2.75) is 19.8 Å². The van der Waals surface area contributed by atoms with E-state index in [1.807, 2.05) is 11.0 Å². The van der Waals surface area contributed by atoms with E-state index in [2.05, 4.69) is 56.6 Å². The van der Waals surface area contributed by atoms with Gasteiger partial charge in [0.15, 0.2) is 5.96 Å². The number of guanidine groups is 1. The number of para-hydroxylation sites is 1. The van der Waals surface area contributed by atoms with Gasteiger partial charge in [-0.25, -0.2) is 0 Å². The van der Waals surface area contributed by atoms with Crippen LogP contribution in [0.4, 0.5) is 5.69 Å². The first-order valence-corrected chi connectivity index (χ1v) is 11.7. The zero-order chi connectivity index (χ0) is 21.7.